The quantitative estimate of drug-likeness (QED) is 0.169. The summed E-state index contributed by atoms with van der Waals surface area (Å²) >= 11 is 17.2. The molecule has 0 unspecified atom stereocenters. The van der Waals surface area contributed by atoms with Crippen molar-refractivity contribution < 1.29 is 0 Å². The predicted molar refractivity (Wildman–Crippen MR) is 136 cm³/mol. The zero-order valence-corrected chi connectivity index (χ0v) is 21.3. The number of hydrogen-bond acceptors (Lipinski definition) is 0. The number of alkyl halides is 3. The molecule has 0 atom stereocenters. The van der Waals surface area contributed by atoms with Crippen molar-refractivity contribution in [3.8, 4) is 0 Å². The first-order chi connectivity index (χ1) is 14.0. The first-order valence-corrected chi connectivity index (χ1v) is 13.2. The van der Waals surface area contributed by atoms with E-state index in [1.54, 1.807) is 0 Å². The normalized spacial score (nSPS) is 11.2. The third kappa shape index (κ3) is 26.1. The standard InChI is InChI=1S/C19H37Cl3.C7H8/c1-2-3-4-5-6-7-8-9-10-11-12-13-14-15-16-17-18-19(20,21)22;1-7-5-3-2-4-6-7/h2-18H2,1H3;2-6H,1H3. The van der Waals surface area contributed by atoms with Gasteiger partial charge in [-0.05, 0) is 19.8 Å². The molecular weight excluding hydrogens is 419 g/mol. The molecule has 0 aliphatic carbocycles. The molecule has 0 aliphatic heterocycles. The maximum absolute atomic E-state index is 5.73. The molecule has 0 amide bonds. The lowest BCUT2D eigenvalue weighted by Crippen LogP contribution is -2.00. The fourth-order valence-corrected chi connectivity index (χ4v) is 3.81. The minimum Gasteiger partial charge on any atom is -0.0837 e. The van der Waals surface area contributed by atoms with Gasteiger partial charge in [0.15, 0.2) is 3.79 Å². The van der Waals surface area contributed by atoms with Crippen LogP contribution in [-0.4, -0.2) is 3.79 Å². The molecule has 0 N–H and O–H groups in total. The Balaban J connectivity index is 0.000000929. The average Bonchev–Trinajstić information content (AvgIpc) is 2.68. The van der Waals surface area contributed by atoms with Crippen molar-refractivity contribution in [2.75, 3.05) is 0 Å². The number of benzene rings is 1. The van der Waals surface area contributed by atoms with Gasteiger partial charge in [-0.25, -0.2) is 0 Å². The molecule has 0 aliphatic rings. The molecule has 0 bridgehead atoms. The van der Waals surface area contributed by atoms with E-state index in [0.717, 1.165) is 6.42 Å². The van der Waals surface area contributed by atoms with Crippen LogP contribution in [0.1, 0.15) is 122 Å². The lowest BCUT2D eigenvalue weighted by atomic mass is 10.0. The molecule has 0 saturated heterocycles. The van der Waals surface area contributed by atoms with Crippen LogP contribution in [0.5, 0.6) is 0 Å². The van der Waals surface area contributed by atoms with Gasteiger partial charge in [-0.3, -0.25) is 0 Å². The fourth-order valence-electron chi connectivity index (χ4n) is 3.41. The van der Waals surface area contributed by atoms with Crippen LogP contribution in [0, 0.1) is 6.92 Å². The van der Waals surface area contributed by atoms with Crippen LogP contribution in [0.4, 0.5) is 0 Å². The van der Waals surface area contributed by atoms with Crippen LogP contribution >= 0.6 is 34.8 Å². The van der Waals surface area contributed by atoms with Gasteiger partial charge in [0, 0.05) is 0 Å². The Morgan fingerprint density at radius 2 is 0.897 bits per heavy atom. The van der Waals surface area contributed by atoms with E-state index in [2.05, 4.69) is 26.0 Å². The molecular formula is C26H45Cl3. The monoisotopic (exact) mass is 462 g/mol. The summed E-state index contributed by atoms with van der Waals surface area (Å²) in [7, 11) is 0. The Morgan fingerprint density at radius 1 is 0.552 bits per heavy atom. The highest BCUT2D eigenvalue weighted by atomic mass is 35.6. The van der Waals surface area contributed by atoms with Gasteiger partial charge in [-0.15, -0.1) is 0 Å². The third-order valence-electron chi connectivity index (χ3n) is 5.25. The smallest absolute Gasteiger partial charge is 0.0837 e. The van der Waals surface area contributed by atoms with E-state index < -0.39 is 3.79 Å². The molecule has 1 aromatic rings. The van der Waals surface area contributed by atoms with E-state index in [1.807, 2.05) is 18.2 Å². The summed E-state index contributed by atoms with van der Waals surface area (Å²) < 4.78 is -1.05. The van der Waals surface area contributed by atoms with Gasteiger partial charge in [0.1, 0.15) is 0 Å². The first-order valence-electron chi connectivity index (χ1n) is 12.0. The summed E-state index contributed by atoms with van der Waals surface area (Å²) in [6.45, 7) is 4.37. The van der Waals surface area contributed by atoms with E-state index in [-0.39, 0.29) is 0 Å². The minimum absolute atomic E-state index is 0.691. The first kappa shape index (κ1) is 29.1. The molecule has 0 fully saturated rings. The van der Waals surface area contributed by atoms with Gasteiger partial charge in [-0.1, -0.05) is 174 Å². The van der Waals surface area contributed by atoms with Gasteiger partial charge in [0.25, 0.3) is 0 Å². The Labute approximate surface area is 197 Å². The number of unbranched alkanes of at least 4 members (excludes halogenated alkanes) is 15. The maximum atomic E-state index is 5.73. The van der Waals surface area contributed by atoms with Crippen LogP contribution in [0.15, 0.2) is 30.3 Å². The largest absolute Gasteiger partial charge is 0.190 e. The Hall–Kier alpha value is 0.0900. The molecule has 170 valence electrons. The summed E-state index contributed by atoms with van der Waals surface area (Å²) in [5.74, 6) is 0. The van der Waals surface area contributed by atoms with Crippen molar-refractivity contribution >= 4 is 34.8 Å². The minimum atomic E-state index is -1.05. The second kappa shape index (κ2) is 21.3. The number of aryl methyl sites for hydroxylation is 1. The van der Waals surface area contributed by atoms with Crippen LogP contribution < -0.4 is 0 Å². The van der Waals surface area contributed by atoms with Crippen molar-refractivity contribution in [3.05, 3.63) is 35.9 Å². The van der Waals surface area contributed by atoms with Crippen molar-refractivity contribution in [2.24, 2.45) is 0 Å². The molecule has 0 radical (unpaired) electrons. The Morgan fingerprint density at radius 3 is 1.17 bits per heavy atom. The van der Waals surface area contributed by atoms with Gasteiger partial charge >= 0.3 is 0 Å². The number of hydrogen-bond donors (Lipinski definition) is 0. The second-order valence-electron chi connectivity index (χ2n) is 8.32. The van der Waals surface area contributed by atoms with Crippen LogP contribution in [0.3, 0.4) is 0 Å². The van der Waals surface area contributed by atoms with E-state index in [0.29, 0.717) is 6.42 Å². The third-order valence-corrected chi connectivity index (χ3v) is 5.82. The highest BCUT2D eigenvalue weighted by Gasteiger charge is 2.17. The lowest BCUT2D eigenvalue weighted by Gasteiger charge is -2.09. The summed E-state index contributed by atoms with van der Waals surface area (Å²) in [6.07, 6.45) is 22.7. The van der Waals surface area contributed by atoms with Crippen LogP contribution in [0.25, 0.3) is 0 Å². The lowest BCUT2D eigenvalue weighted by molar-refractivity contribution is 0.527. The van der Waals surface area contributed by atoms with E-state index in [9.17, 15) is 0 Å². The zero-order chi connectivity index (χ0) is 21.6. The van der Waals surface area contributed by atoms with Gasteiger partial charge in [0.05, 0.1) is 0 Å². The zero-order valence-electron chi connectivity index (χ0n) is 19.0. The van der Waals surface area contributed by atoms with Crippen molar-refractivity contribution in [1.29, 1.82) is 0 Å². The highest BCUT2D eigenvalue weighted by Crippen LogP contribution is 2.32. The second-order valence-corrected chi connectivity index (χ2v) is 10.8. The highest BCUT2D eigenvalue weighted by molar-refractivity contribution is 6.67. The van der Waals surface area contributed by atoms with Crippen LogP contribution in [-0.2, 0) is 0 Å². The molecule has 3 heteroatoms. The molecule has 0 heterocycles. The van der Waals surface area contributed by atoms with Gasteiger partial charge in [0.2, 0.25) is 0 Å². The molecule has 1 aromatic carbocycles. The molecule has 0 spiro atoms. The van der Waals surface area contributed by atoms with E-state index >= 15 is 0 Å². The molecule has 0 nitrogen and oxygen atoms in total. The van der Waals surface area contributed by atoms with Crippen LogP contribution in [0.2, 0.25) is 0 Å². The summed E-state index contributed by atoms with van der Waals surface area (Å²) in [6, 6.07) is 10.3. The number of rotatable bonds is 16. The molecule has 0 aromatic heterocycles. The van der Waals surface area contributed by atoms with Gasteiger partial charge in [-0.2, -0.15) is 0 Å². The Bertz CT molecular complexity index is 425. The molecule has 1 rings (SSSR count). The van der Waals surface area contributed by atoms with Crippen molar-refractivity contribution in [3.63, 3.8) is 0 Å². The molecule has 29 heavy (non-hydrogen) atoms. The Kier molecular flexibility index (Phi) is 21.4. The van der Waals surface area contributed by atoms with E-state index in [4.69, 9.17) is 34.8 Å². The SMILES string of the molecule is CCCCCCCCCCCCCCCCCCC(Cl)(Cl)Cl.Cc1ccccc1. The number of halogens is 3. The van der Waals surface area contributed by atoms with Crippen molar-refractivity contribution in [1.82, 2.24) is 0 Å². The topological polar surface area (TPSA) is 0 Å². The average molecular weight is 464 g/mol. The summed E-state index contributed by atoms with van der Waals surface area (Å²) in [5, 5.41) is 0. The van der Waals surface area contributed by atoms with Gasteiger partial charge < -0.3 is 0 Å². The maximum Gasteiger partial charge on any atom is 0.190 e. The fraction of sp³-hybridized carbons (Fsp3) is 0.769. The molecule has 0 saturated carbocycles. The summed E-state index contributed by atoms with van der Waals surface area (Å²) in [5.41, 5.74) is 1.32. The predicted octanol–water partition coefficient (Wildman–Crippen LogP) is 11.0. The summed E-state index contributed by atoms with van der Waals surface area (Å²) in [4.78, 5) is 0. The van der Waals surface area contributed by atoms with Crippen molar-refractivity contribution in [2.45, 2.75) is 127 Å². The van der Waals surface area contributed by atoms with E-state index in [1.165, 1.54) is 102 Å².